The summed E-state index contributed by atoms with van der Waals surface area (Å²) in [5.41, 5.74) is 0.621. The fourth-order valence-electron chi connectivity index (χ4n) is 2.88. The Morgan fingerprint density at radius 3 is 2.85 bits per heavy atom. The third kappa shape index (κ3) is 3.35. The van der Waals surface area contributed by atoms with E-state index in [0.29, 0.717) is 11.7 Å². The van der Waals surface area contributed by atoms with E-state index in [9.17, 15) is 9.90 Å². The Morgan fingerprint density at radius 2 is 2.30 bits per heavy atom. The number of piperazine rings is 1. The molecule has 1 aromatic rings. The number of aliphatic carboxylic acids is 1. The van der Waals surface area contributed by atoms with Gasteiger partial charge in [-0.2, -0.15) is 0 Å². The second-order valence-corrected chi connectivity index (χ2v) is 5.38. The number of nitrogens with zero attached hydrogens (tertiary/aromatic N) is 3. The van der Waals surface area contributed by atoms with Gasteiger partial charge in [-0.25, -0.2) is 0 Å². The van der Waals surface area contributed by atoms with Crippen LogP contribution in [0.15, 0.2) is 24.4 Å². The zero-order valence-electron chi connectivity index (χ0n) is 12.2. The Bertz CT molecular complexity index is 438. The molecule has 2 atom stereocenters. The highest BCUT2D eigenvalue weighted by atomic mass is 16.4. The maximum Gasteiger partial charge on any atom is 0.327 e. The van der Waals surface area contributed by atoms with E-state index in [0.717, 1.165) is 32.6 Å². The summed E-state index contributed by atoms with van der Waals surface area (Å²) >= 11 is 0. The molecule has 2 unspecified atom stereocenters. The van der Waals surface area contributed by atoms with E-state index in [1.54, 1.807) is 12.3 Å². The van der Waals surface area contributed by atoms with E-state index in [1.165, 1.54) is 0 Å². The molecule has 0 bridgehead atoms. The van der Waals surface area contributed by atoms with Crippen molar-refractivity contribution in [1.29, 1.82) is 0 Å². The Kier molecular flexibility index (Phi) is 5.09. The largest absolute Gasteiger partial charge is 0.480 e. The molecule has 0 radical (unpaired) electrons. The van der Waals surface area contributed by atoms with Gasteiger partial charge in [-0.3, -0.25) is 19.6 Å². The average Bonchev–Trinajstić information content (AvgIpc) is 2.43. The highest BCUT2D eigenvalue weighted by Gasteiger charge is 2.33. The number of hydrogen-bond donors (Lipinski definition) is 1. The molecular weight excluding hydrogens is 254 g/mol. The minimum atomic E-state index is -0.820. The van der Waals surface area contributed by atoms with E-state index in [-0.39, 0.29) is 0 Å². The van der Waals surface area contributed by atoms with Crippen molar-refractivity contribution >= 4 is 5.97 Å². The van der Waals surface area contributed by atoms with Crippen molar-refractivity contribution < 1.29 is 9.90 Å². The van der Waals surface area contributed by atoms with Crippen molar-refractivity contribution in [2.75, 3.05) is 26.2 Å². The highest BCUT2D eigenvalue weighted by Crippen LogP contribution is 2.23. The van der Waals surface area contributed by atoms with Gasteiger partial charge in [0.1, 0.15) is 0 Å². The second-order valence-electron chi connectivity index (χ2n) is 5.38. The van der Waals surface area contributed by atoms with Crippen molar-refractivity contribution in [2.45, 2.75) is 32.4 Å². The predicted octanol–water partition coefficient (Wildman–Crippen LogP) is 1.62. The molecule has 0 saturated carbocycles. The van der Waals surface area contributed by atoms with Crippen molar-refractivity contribution in [1.82, 2.24) is 14.8 Å². The molecule has 1 aromatic heterocycles. The number of carboxylic acid groups (broad SMARTS) is 1. The Morgan fingerprint density at radius 1 is 1.50 bits per heavy atom. The van der Waals surface area contributed by atoms with Crippen LogP contribution in [0.3, 0.4) is 0 Å². The van der Waals surface area contributed by atoms with Gasteiger partial charge in [0, 0.05) is 31.9 Å². The lowest BCUT2D eigenvalue weighted by atomic mass is 10.1. The summed E-state index contributed by atoms with van der Waals surface area (Å²) in [6.45, 7) is 7.89. The number of carbonyl (C=O) groups is 1. The first-order valence-electron chi connectivity index (χ1n) is 7.25. The fourth-order valence-corrected chi connectivity index (χ4v) is 2.88. The summed E-state index contributed by atoms with van der Waals surface area (Å²) in [5, 5.41) is 9.54. The SMILES string of the molecule is CCCN1CCN(C(C(=O)O)c2ccccn2)CC1C. The van der Waals surface area contributed by atoms with Crippen LogP contribution in [0.1, 0.15) is 32.0 Å². The number of rotatable bonds is 5. The van der Waals surface area contributed by atoms with Gasteiger partial charge < -0.3 is 5.11 Å². The topological polar surface area (TPSA) is 56.7 Å². The lowest BCUT2D eigenvalue weighted by Crippen LogP contribution is -2.54. The van der Waals surface area contributed by atoms with Gasteiger partial charge in [0.25, 0.3) is 0 Å². The maximum absolute atomic E-state index is 11.6. The molecule has 1 fully saturated rings. The van der Waals surface area contributed by atoms with Crippen LogP contribution in [-0.4, -0.2) is 58.1 Å². The van der Waals surface area contributed by atoms with E-state index in [2.05, 4.69) is 23.7 Å². The van der Waals surface area contributed by atoms with Gasteiger partial charge in [-0.05, 0) is 32.0 Å². The van der Waals surface area contributed by atoms with Gasteiger partial charge in [0.2, 0.25) is 0 Å². The van der Waals surface area contributed by atoms with Crippen LogP contribution in [0.4, 0.5) is 0 Å². The molecule has 1 saturated heterocycles. The molecule has 0 aromatic carbocycles. The number of pyridine rings is 1. The molecule has 110 valence electrons. The van der Waals surface area contributed by atoms with Crippen LogP contribution < -0.4 is 0 Å². The molecule has 5 heteroatoms. The van der Waals surface area contributed by atoms with E-state index in [4.69, 9.17) is 0 Å². The standard InChI is InChI=1S/C15H23N3O2/c1-3-8-17-9-10-18(11-12(17)2)14(15(19)20)13-6-4-5-7-16-13/h4-7,12,14H,3,8-11H2,1-2H3,(H,19,20). The quantitative estimate of drug-likeness (QED) is 0.886. The summed E-state index contributed by atoms with van der Waals surface area (Å²) in [4.78, 5) is 20.3. The van der Waals surface area contributed by atoms with Gasteiger partial charge >= 0.3 is 5.97 Å². The third-order valence-corrected chi connectivity index (χ3v) is 3.87. The van der Waals surface area contributed by atoms with Gasteiger partial charge in [0.15, 0.2) is 6.04 Å². The first kappa shape index (κ1) is 14.9. The van der Waals surface area contributed by atoms with Crippen molar-refractivity contribution in [3.8, 4) is 0 Å². The van der Waals surface area contributed by atoms with Crippen LogP contribution in [0, 0.1) is 0 Å². The van der Waals surface area contributed by atoms with Crippen LogP contribution in [-0.2, 0) is 4.79 Å². The third-order valence-electron chi connectivity index (χ3n) is 3.87. The normalized spacial score (nSPS) is 22.6. The first-order chi connectivity index (χ1) is 9.63. The Labute approximate surface area is 120 Å². The second kappa shape index (κ2) is 6.81. The number of hydrogen-bond acceptors (Lipinski definition) is 4. The van der Waals surface area contributed by atoms with Gasteiger partial charge in [-0.15, -0.1) is 0 Å². The molecule has 0 aliphatic carbocycles. The average molecular weight is 277 g/mol. The highest BCUT2D eigenvalue weighted by molar-refractivity contribution is 5.74. The predicted molar refractivity (Wildman–Crippen MR) is 77.5 cm³/mol. The lowest BCUT2D eigenvalue weighted by molar-refractivity contribution is -0.145. The molecule has 2 rings (SSSR count). The molecule has 20 heavy (non-hydrogen) atoms. The monoisotopic (exact) mass is 277 g/mol. The maximum atomic E-state index is 11.6. The zero-order chi connectivity index (χ0) is 14.5. The van der Waals surface area contributed by atoms with Crippen LogP contribution in [0.25, 0.3) is 0 Å². The summed E-state index contributed by atoms with van der Waals surface area (Å²) < 4.78 is 0. The molecule has 1 N–H and O–H groups in total. The Balaban J connectivity index is 2.11. The number of aromatic nitrogens is 1. The Hall–Kier alpha value is -1.46. The van der Waals surface area contributed by atoms with Crippen molar-refractivity contribution in [3.05, 3.63) is 30.1 Å². The molecule has 1 aliphatic heterocycles. The minimum Gasteiger partial charge on any atom is -0.480 e. The van der Waals surface area contributed by atoms with E-state index in [1.807, 2.05) is 17.0 Å². The smallest absolute Gasteiger partial charge is 0.327 e. The van der Waals surface area contributed by atoms with Crippen LogP contribution in [0.5, 0.6) is 0 Å². The van der Waals surface area contributed by atoms with Crippen LogP contribution >= 0.6 is 0 Å². The number of carboxylic acids is 1. The molecule has 1 aliphatic rings. The zero-order valence-corrected chi connectivity index (χ0v) is 12.2. The van der Waals surface area contributed by atoms with Crippen LogP contribution in [0.2, 0.25) is 0 Å². The molecular formula is C15H23N3O2. The van der Waals surface area contributed by atoms with Gasteiger partial charge in [0.05, 0.1) is 5.69 Å². The van der Waals surface area contributed by atoms with E-state index < -0.39 is 12.0 Å². The minimum absolute atomic E-state index is 0.384. The molecule has 0 spiro atoms. The van der Waals surface area contributed by atoms with E-state index >= 15 is 0 Å². The first-order valence-corrected chi connectivity index (χ1v) is 7.25. The van der Waals surface area contributed by atoms with Gasteiger partial charge in [-0.1, -0.05) is 13.0 Å². The molecule has 2 heterocycles. The van der Waals surface area contributed by atoms with Crippen molar-refractivity contribution in [2.24, 2.45) is 0 Å². The van der Waals surface area contributed by atoms with Crippen molar-refractivity contribution in [3.63, 3.8) is 0 Å². The summed E-state index contributed by atoms with van der Waals surface area (Å²) in [6, 6.07) is 5.19. The summed E-state index contributed by atoms with van der Waals surface area (Å²) in [7, 11) is 0. The lowest BCUT2D eigenvalue weighted by Gasteiger charge is -2.41. The summed E-state index contributed by atoms with van der Waals surface area (Å²) in [6.07, 6.45) is 2.79. The molecule has 0 amide bonds. The molecule has 5 nitrogen and oxygen atoms in total. The summed E-state index contributed by atoms with van der Waals surface area (Å²) in [5.74, 6) is -0.820. The fraction of sp³-hybridized carbons (Fsp3) is 0.600.